The SMILES string of the molecule is CC#N.O=C(COC(=O)c1ccccc1)NCc1ccccc1.O=C(O)c1ccccc1.[N-]=[N+]=CC(=O)NCC1=CC=C[C+]=C1. The number of rotatable bonds is 9. The quantitative estimate of drug-likeness (QED) is 0.106. The van der Waals surface area contributed by atoms with E-state index in [9.17, 15) is 19.2 Å². The van der Waals surface area contributed by atoms with E-state index in [1.54, 1.807) is 72.8 Å². The van der Waals surface area contributed by atoms with Crippen molar-refractivity contribution in [2.45, 2.75) is 13.5 Å². The zero-order valence-corrected chi connectivity index (χ0v) is 24.5. The lowest BCUT2D eigenvalue weighted by Gasteiger charge is -2.06. The van der Waals surface area contributed by atoms with Crippen LogP contribution in [0.4, 0.5) is 0 Å². The average molecular weight is 607 g/mol. The summed E-state index contributed by atoms with van der Waals surface area (Å²) in [6.45, 7) is 1.98. The zero-order chi connectivity index (χ0) is 33.1. The van der Waals surface area contributed by atoms with Gasteiger partial charge in [-0.05, 0) is 29.8 Å². The van der Waals surface area contributed by atoms with E-state index in [0.29, 0.717) is 24.2 Å². The van der Waals surface area contributed by atoms with Crippen LogP contribution in [0.3, 0.4) is 0 Å². The van der Waals surface area contributed by atoms with E-state index < -0.39 is 17.8 Å². The normalized spacial score (nSPS) is 9.91. The first-order valence-electron chi connectivity index (χ1n) is 13.3. The lowest BCUT2D eigenvalue weighted by atomic mass is 10.1. The van der Waals surface area contributed by atoms with Gasteiger partial charge in [-0.1, -0.05) is 66.7 Å². The first-order chi connectivity index (χ1) is 21.8. The lowest BCUT2D eigenvalue weighted by molar-refractivity contribution is -0.124. The van der Waals surface area contributed by atoms with Gasteiger partial charge in [-0.15, -0.1) is 0 Å². The number of carbonyl (C=O) groups is 4. The first-order valence-corrected chi connectivity index (χ1v) is 13.3. The van der Waals surface area contributed by atoms with Crippen molar-refractivity contribution in [3.8, 4) is 6.07 Å². The molecule has 0 spiro atoms. The maximum atomic E-state index is 11.6. The summed E-state index contributed by atoms with van der Waals surface area (Å²) in [7, 11) is 0. The molecule has 45 heavy (non-hydrogen) atoms. The van der Waals surface area contributed by atoms with Gasteiger partial charge in [-0.3, -0.25) is 9.59 Å². The highest BCUT2D eigenvalue weighted by atomic mass is 16.5. The van der Waals surface area contributed by atoms with Crippen molar-refractivity contribution in [3.63, 3.8) is 0 Å². The van der Waals surface area contributed by atoms with Gasteiger partial charge in [0, 0.05) is 25.6 Å². The summed E-state index contributed by atoms with van der Waals surface area (Å²) in [5.74, 6) is -2.12. The highest BCUT2D eigenvalue weighted by molar-refractivity contribution is 6.23. The summed E-state index contributed by atoms with van der Waals surface area (Å²) in [4.78, 5) is 46.8. The summed E-state index contributed by atoms with van der Waals surface area (Å²) < 4.78 is 4.93. The molecule has 4 rings (SSSR count). The number of hydrogen-bond donors (Lipinski definition) is 3. The third-order valence-electron chi connectivity index (χ3n) is 5.11. The molecular formula is C34H32N5O6+. The highest BCUT2D eigenvalue weighted by Crippen LogP contribution is 2.02. The molecule has 3 aromatic carbocycles. The minimum absolute atomic E-state index is 0.277. The van der Waals surface area contributed by atoms with E-state index in [2.05, 4.69) is 21.5 Å². The fourth-order valence-corrected chi connectivity index (χ4v) is 3.04. The number of nitrogens with zero attached hydrogens (tertiary/aromatic N) is 3. The Hall–Kier alpha value is -6.46. The summed E-state index contributed by atoms with van der Waals surface area (Å²) in [5.41, 5.74) is 10.7. The number of carbonyl (C=O) groups excluding carboxylic acids is 3. The molecular weight excluding hydrogens is 574 g/mol. The van der Waals surface area contributed by atoms with E-state index in [0.717, 1.165) is 17.4 Å². The molecule has 1 aliphatic carbocycles. The smallest absolute Gasteiger partial charge is 0.344 e. The third-order valence-corrected chi connectivity index (χ3v) is 5.11. The van der Waals surface area contributed by atoms with Crippen LogP contribution in [0.2, 0.25) is 0 Å². The molecule has 11 nitrogen and oxygen atoms in total. The molecule has 0 aliphatic heterocycles. The molecule has 228 valence electrons. The molecule has 0 heterocycles. The summed E-state index contributed by atoms with van der Waals surface area (Å²) in [6.07, 6.45) is 10.9. The fraction of sp³-hybridized carbons (Fsp3) is 0.118. The van der Waals surface area contributed by atoms with Crippen LogP contribution in [0.15, 0.2) is 121 Å². The van der Waals surface area contributed by atoms with E-state index >= 15 is 0 Å². The van der Waals surface area contributed by atoms with Gasteiger partial charge < -0.3 is 26.0 Å². The fourth-order valence-electron chi connectivity index (χ4n) is 3.04. The minimum Gasteiger partial charge on any atom is -0.478 e. The van der Waals surface area contributed by atoms with Crippen LogP contribution in [-0.2, 0) is 20.9 Å². The van der Waals surface area contributed by atoms with E-state index in [-0.39, 0.29) is 12.5 Å². The number of nitrogens with one attached hydrogen (secondary N) is 2. The van der Waals surface area contributed by atoms with Crippen LogP contribution in [-0.4, -0.2) is 53.0 Å². The molecule has 0 fully saturated rings. The van der Waals surface area contributed by atoms with Crippen molar-refractivity contribution >= 4 is 30.0 Å². The average Bonchev–Trinajstić information content (AvgIpc) is 3.08. The van der Waals surface area contributed by atoms with Gasteiger partial charge in [-0.2, -0.15) is 10.1 Å². The van der Waals surface area contributed by atoms with Crippen LogP contribution >= 0.6 is 0 Å². The van der Waals surface area contributed by atoms with Gasteiger partial charge in [-0.25, -0.2) is 9.59 Å². The van der Waals surface area contributed by atoms with Crippen molar-refractivity contribution in [2.24, 2.45) is 0 Å². The largest absolute Gasteiger partial charge is 0.478 e. The van der Waals surface area contributed by atoms with Gasteiger partial charge in [0.2, 0.25) is 0 Å². The van der Waals surface area contributed by atoms with Crippen molar-refractivity contribution in [3.05, 3.63) is 149 Å². The van der Waals surface area contributed by atoms with Crippen LogP contribution in [0, 0.1) is 17.4 Å². The van der Waals surface area contributed by atoms with Gasteiger partial charge >= 0.3 is 24.1 Å². The predicted molar refractivity (Wildman–Crippen MR) is 167 cm³/mol. The van der Waals surface area contributed by atoms with Gasteiger partial charge in [0.25, 0.3) is 5.91 Å². The molecule has 3 aromatic rings. The summed E-state index contributed by atoms with van der Waals surface area (Å²) >= 11 is 0. The number of aromatic carboxylic acids is 1. The second kappa shape index (κ2) is 23.1. The van der Waals surface area contributed by atoms with Crippen LogP contribution in [0.5, 0.6) is 0 Å². The van der Waals surface area contributed by atoms with Crippen molar-refractivity contribution in [1.82, 2.24) is 10.6 Å². The first kappa shape index (κ1) is 36.6. The molecule has 0 saturated heterocycles. The number of amides is 2. The Balaban J connectivity index is 0.000000347. The van der Waals surface area contributed by atoms with E-state index in [1.807, 2.05) is 48.6 Å². The van der Waals surface area contributed by atoms with Crippen LogP contribution < -0.4 is 10.6 Å². The van der Waals surface area contributed by atoms with Gasteiger partial charge in [0.05, 0.1) is 35.4 Å². The topological polar surface area (TPSA) is 182 Å². The molecule has 0 aromatic heterocycles. The standard InChI is InChI=1S/C16H15NO3.C9H7N3O.C7H6O2.C2H3N/c18-15(17-11-13-7-3-1-4-8-13)12-20-16(19)14-9-5-2-6-10-14;10-12-7-9(13)11-6-8-4-2-1-3-5-8;8-7(9)6-4-2-1-3-5-6;1-2-3/h1-10H,11-12H2,(H,17,18);1-2,4-5,7H,6H2;1-5H,(H,8,9);1H3/p+1. The van der Waals surface area contributed by atoms with E-state index in [1.165, 1.54) is 6.92 Å². The maximum absolute atomic E-state index is 11.6. The molecule has 0 bridgehead atoms. The lowest BCUT2D eigenvalue weighted by Crippen LogP contribution is -2.28. The molecule has 1 aliphatic rings. The Morgan fingerprint density at radius 3 is 1.96 bits per heavy atom. The Bertz CT molecular complexity index is 1540. The highest BCUT2D eigenvalue weighted by Gasteiger charge is 2.09. The number of carboxylic acids is 1. The number of ether oxygens (including phenoxy) is 1. The third kappa shape index (κ3) is 17.9. The molecule has 11 heteroatoms. The van der Waals surface area contributed by atoms with Gasteiger partial charge in [0.15, 0.2) is 6.61 Å². The molecule has 3 N–H and O–H groups in total. The number of allylic oxidation sites excluding steroid dienone is 4. The summed E-state index contributed by atoms with van der Waals surface area (Å²) in [5, 5.41) is 20.9. The van der Waals surface area contributed by atoms with Crippen LogP contribution in [0.1, 0.15) is 33.2 Å². The zero-order valence-electron chi connectivity index (χ0n) is 24.5. The number of hydrogen-bond acceptors (Lipinski definition) is 6. The van der Waals surface area contributed by atoms with Crippen molar-refractivity contribution < 1.29 is 33.8 Å². The second-order valence-electron chi connectivity index (χ2n) is 8.47. The number of carboxylic acid groups (broad SMARTS) is 1. The molecule has 0 radical (unpaired) electrons. The predicted octanol–water partition coefficient (Wildman–Crippen LogP) is 4.33. The van der Waals surface area contributed by atoms with E-state index in [4.69, 9.17) is 20.6 Å². The molecule has 0 saturated carbocycles. The van der Waals surface area contributed by atoms with Gasteiger partial charge in [0.1, 0.15) is 12.2 Å². The second-order valence-corrected chi connectivity index (χ2v) is 8.47. The Morgan fingerprint density at radius 1 is 0.911 bits per heavy atom. The minimum atomic E-state index is -0.879. The number of benzene rings is 3. The van der Waals surface area contributed by atoms with Crippen molar-refractivity contribution in [1.29, 1.82) is 5.26 Å². The molecule has 0 unspecified atom stereocenters. The molecule has 0 atom stereocenters. The Kier molecular flexibility index (Phi) is 18.8. The van der Waals surface area contributed by atoms with Crippen LogP contribution in [0.25, 0.3) is 5.53 Å². The number of nitriles is 1. The number of esters is 1. The monoisotopic (exact) mass is 606 g/mol. The maximum Gasteiger partial charge on any atom is 0.344 e. The Labute approximate surface area is 261 Å². The Morgan fingerprint density at radius 2 is 1.47 bits per heavy atom. The van der Waals surface area contributed by atoms with Crippen molar-refractivity contribution in [2.75, 3.05) is 13.2 Å². The molecule has 2 amide bonds. The summed E-state index contributed by atoms with van der Waals surface area (Å²) in [6, 6.07) is 28.2.